The van der Waals surface area contributed by atoms with Crippen LogP contribution in [0.1, 0.15) is 50.2 Å². The number of ether oxygens (including phenoxy) is 3. The molecule has 1 spiro atoms. The van der Waals surface area contributed by atoms with Gasteiger partial charge in [0.05, 0.1) is 20.3 Å². The highest BCUT2D eigenvalue weighted by atomic mass is 16.7. The monoisotopic (exact) mass is 361 g/mol. The minimum atomic E-state index is -0.429. The summed E-state index contributed by atoms with van der Waals surface area (Å²) in [5.74, 6) is 1.29. The van der Waals surface area contributed by atoms with Crippen LogP contribution in [0.5, 0.6) is 5.75 Å². The average molecular weight is 361 g/mol. The number of methoxy groups -OCH3 is 1. The summed E-state index contributed by atoms with van der Waals surface area (Å²) >= 11 is 0. The summed E-state index contributed by atoms with van der Waals surface area (Å²) in [6.45, 7) is 9.18. The normalized spacial score (nSPS) is 20.6. The first kappa shape index (κ1) is 19.2. The smallest absolute Gasteiger partial charge is 0.223 e. The van der Waals surface area contributed by atoms with Gasteiger partial charge in [-0.1, -0.05) is 26.0 Å². The summed E-state index contributed by atoms with van der Waals surface area (Å²) in [6, 6.07) is 6.25. The molecule has 2 saturated heterocycles. The Kier molecular flexibility index (Phi) is 5.88. The molecule has 144 valence electrons. The van der Waals surface area contributed by atoms with Crippen molar-refractivity contribution in [2.24, 2.45) is 5.92 Å². The standard InChI is InChI=1S/C21H31NO4/c1-15(2)18(17-5-6-19(24-4)16(3)13-17)14-20(23)22-9-7-21(8-10-22)25-11-12-26-21/h5-6,13,15,18H,7-12,14H2,1-4H3. The average Bonchev–Trinajstić information content (AvgIpc) is 3.07. The third-order valence-electron chi connectivity index (χ3n) is 5.74. The summed E-state index contributed by atoms with van der Waals surface area (Å²) in [7, 11) is 1.69. The van der Waals surface area contributed by atoms with Gasteiger partial charge in [-0.15, -0.1) is 0 Å². The predicted octanol–water partition coefficient (Wildman–Crippen LogP) is 3.50. The van der Waals surface area contributed by atoms with Gasteiger partial charge in [0, 0.05) is 32.4 Å². The molecular weight excluding hydrogens is 330 g/mol. The van der Waals surface area contributed by atoms with Crippen molar-refractivity contribution in [2.45, 2.75) is 51.7 Å². The van der Waals surface area contributed by atoms with E-state index in [-0.39, 0.29) is 11.8 Å². The van der Waals surface area contributed by atoms with Crippen molar-refractivity contribution in [2.75, 3.05) is 33.4 Å². The Morgan fingerprint density at radius 3 is 2.42 bits per heavy atom. The van der Waals surface area contributed by atoms with Gasteiger partial charge in [0.1, 0.15) is 5.75 Å². The van der Waals surface area contributed by atoms with Crippen LogP contribution in [0.2, 0.25) is 0 Å². The van der Waals surface area contributed by atoms with Crippen LogP contribution in [0.4, 0.5) is 0 Å². The Morgan fingerprint density at radius 2 is 1.88 bits per heavy atom. The Bertz CT molecular complexity index is 627. The second-order valence-electron chi connectivity index (χ2n) is 7.77. The number of aryl methyl sites for hydroxylation is 1. The number of rotatable bonds is 5. The van der Waals surface area contributed by atoms with Crippen LogP contribution in [0, 0.1) is 12.8 Å². The molecule has 2 aliphatic heterocycles. The number of carbonyl (C=O) groups is 1. The van der Waals surface area contributed by atoms with Crippen LogP contribution >= 0.6 is 0 Å². The summed E-state index contributed by atoms with van der Waals surface area (Å²) in [6.07, 6.45) is 2.08. The van der Waals surface area contributed by atoms with Gasteiger partial charge in [0.15, 0.2) is 5.79 Å². The Hall–Kier alpha value is -1.59. The molecule has 0 aliphatic carbocycles. The molecule has 0 saturated carbocycles. The molecule has 5 heteroatoms. The highest BCUT2D eigenvalue weighted by Crippen LogP contribution is 2.34. The number of carbonyl (C=O) groups excluding carboxylic acids is 1. The van der Waals surface area contributed by atoms with Crippen LogP contribution in [0.15, 0.2) is 18.2 Å². The zero-order valence-electron chi connectivity index (χ0n) is 16.4. The van der Waals surface area contributed by atoms with Gasteiger partial charge in [0.25, 0.3) is 0 Å². The van der Waals surface area contributed by atoms with Crippen molar-refractivity contribution < 1.29 is 19.0 Å². The van der Waals surface area contributed by atoms with Crippen LogP contribution in [0.25, 0.3) is 0 Å². The number of piperidine rings is 1. The maximum Gasteiger partial charge on any atom is 0.223 e. The first-order valence-electron chi connectivity index (χ1n) is 9.64. The predicted molar refractivity (Wildman–Crippen MR) is 100 cm³/mol. The molecule has 1 atom stereocenters. The molecule has 0 radical (unpaired) electrons. The maximum atomic E-state index is 12.9. The lowest BCUT2D eigenvalue weighted by molar-refractivity contribution is -0.187. The summed E-state index contributed by atoms with van der Waals surface area (Å²) < 4.78 is 16.9. The van der Waals surface area contributed by atoms with Crippen molar-refractivity contribution in [1.29, 1.82) is 0 Å². The fraction of sp³-hybridized carbons (Fsp3) is 0.667. The largest absolute Gasteiger partial charge is 0.496 e. The second kappa shape index (κ2) is 7.97. The Balaban J connectivity index is 1.64. The molecule has 3 rings (SSSR count). The quantitative estimate of drug-likeness (QED) is 0.805. The maximum absolute atomic E-state index is 12.9. The van der Waals surface area contributed by atoms with Crippen LogP contribution in [-0.4, -0.2) is 50.0 Å². The number of nitrogens with zero attached hydrogens (tertiary/aromatic N) is 1. The zero-order chi connectivity index (χ0) is 18.7. The minimum absolute atomic E-state index is 0.210. The number of hydrogen-bond donors (Lipinski definition) is 0. The molecule has 0 N–H and O–H groups in total. The van der Waals surface area contributed by atoms with Crippen LogP contribution in [-0.2, 0) is 14.3 Å². The SMILES string of the molecule is COc1ccc(C(CC(=O)N2CCC3(CC2)OCCO3)C(C)C)cc1C. The molecule has 1 aromatic carbocycles. The number of likely N-dealkylation sites (tertiary alicyclic amines) is 1. The van der Waals surface area contributed by atoms with Crippen molar-refractivity contribution >= 4 is 5.91 Å². The van der Waals surface area contributed by atoms with Gasteiger partial charge in [0.2, 0.25) is 5.91 Å². The third kappa shape index (κ3) is 4.04. The minimum Gasteiger partial charge on any atom is -0.496 e. The van der Waals surface area contributed by atoms with Gasteiger partial charge in [-0.05, 0) is 36.0 Å². The molecule has 1 amide bonds. The van der Waals surface area contributed by atoms with E-state index >= 15 is 0 Å². The molecule has 0 aromatic heterocycles. The first-order valence-corrected chi connectivity index (χ1v) is 9.64. The summed E-state index contributed by atoms with van der Waals surface area (Å²) in [5, 5.41) is 0. The van der Waals surface area contributed by atoms with E-state index < -0.39 is 5.79 Å². The number of benzene rings is 1. The van der Waals surface area contributed by atoms with Crippen LogP contribution in [0.3, 0.4) is 0 Å². The van der Waals surface area contributed by atoms with E-state index in [1.807, 2.05) is 17.9 Å². The van der Waals surface area contributed by atoms with Gasteiger partial charge < -0.3 is 19.1 Å². The summed E-state index contributed by atoms with van der Waals surface area (Å²) in [4.78, 5) is 14.9. The van der Waals surface area contributed by atoms with E-state index in [1.165, 1.54) is 5.56 Å². The second-order valence-corrected chi connectivity index (χ2v) is 7.77. The Labute approximate surface area is 156 Å². The first-order chi connectivity index (χ1) is 12.4. The van der Waals surface area contributed by atoms with E-state index in [0.717, 1.165) is 24.2 Å². The van der Waals surface area contributed by atoms with E-state index in [4.69, 9.17) is 14.2 Å². The topological polar surface area (TPSA) is 48.0 Å². The number of amides is 1. The summed E-state index contributed by atoms with van der Waals surface area (Å²) in [5.41, 5.74) is 2.32. The van der Waals surface area contributed by atoms with Crippen molar-refractivity contribution in [3.8, 4) is 5.75 Å². The molecule has 0 bridgehead atoms. The van der Waals surface area contributed by atoms with Crippen molar-refractivity contribution in [3.63, 3.8) is 0 Å². The molecule has 2 heterocycles. The van der Waals surface area contributed by atoms with E-state index in [0.29, 0.717) is 38.6 Å². The fourth-order valence-corrected chi connectivity index (χ4v) is 4.07. The lowest BCUT2D eigenvalue weighted by Gasteiger charge is -2.38. The fourth-order valence-electron chi connectivity index (χ4n) is 4.07. The van der Waals surface area contributed by atoms with Gasteiger partial charge in [-0.3, -0.25) is 4.79 Å². The molecule has 26 heavy (non-hydrogen) atoms. The van der Waals surface area contributed by atoms with Gasteiger partial charge in [-0.25, -0.2) is 0 Å². The van der Waals surface area contributed by atoms with E-state index in [9.17, 15) is 4.79 Å². The highest BCUT2D eigenvalue weighted by molar-refractivity contribution is 5.77. The molecule has 1 aromatic rings. The molecule has 1 unspecified atom stereocenters. The number of hydrogen-bond acceptors (Lipinski definition) is 4. The van der Waals surface area contributed by atoms with E-state index in [1.54, 1.807) is 7.11 Å². The molecule has 2 aliphatic rings. The van der Waals surface area contributed by atoms with Crippen molar-refractivity contribution in [3.05, 3.63) is 29.3 Å². The lowest BCUT2D eigenvalue weighted by atomic mass is 9.84. The lowest BCUT2D eigenvalue weighted by Crippen LogP contribution is -2.47. The molecule has 2 fully saturated rings. The van der Waals surface area contributed by atoms with Gasteiger partial charge in [-0.2, -0.15) is 0 Å². The van der Waals surface area contributed by atoms with Crippen LogP contribution < -0.4 is 4.74 Å². The van der Waals surface area contributed by atoms with Gasteiger partial charge >= 0.3 is 0 Å². The van der Waals surface area contributed by atoms with E-state index in [2.05, 4.69) is 26.0 Å². The molecular formula is C21H31NO4. The highest BCUT2D eigenvalue weighted by Gasteiger charge is 2.41. The Morgan fingerprint density at radius 1 is 1.23 bits per heavy atom. The molecule has 5 nitrogen and oxygen atoms in total. The zero-order valence-corrected chi connectivity index (χ0v) is 16.4. The third-order valence-corrected chi connectivity index (χ3v) is 5.74. The van der Waals surface area contributed by atoms with Crippen molar-refractivity contribution in [1.82, 2.24) is 4.90 Å².